The summed E-state index contributed by atoms with van der Waals surface area (Å²) in [6.07, 6.45) is 3.02. The fourth-order valence-electron chi connectivity index (χ4n) is 5.59. The number of hydrogen-bond donors (Lipinski definition) is 2. The molecular formula is C29H30FN5O5S. The largest absolute Gasteiger partial charge is 0.492 e. The van der Waals surface area contributed by atoms with Gasteiger partial charge in [0.25, 0.3) is 0 Å². The smallest absolute Gasteiger partial charge is 0.341 e. The molecule has 0 spiro atoms. The highest BCUT2D eigenvalue weighted by Gasteiger charge is 2.33. The topological polar surface area (TPSA) is 117 Å². The van der Waals surface area contributed by atoms with E-state index in [0.717, 1.165) is 34.7 Å². The van der Waals surface area contributed by atoms with Crippen molar-refractivity contribution in [1.82, 2.24) is 14.5 Å². The Kier molecular flexibility index (Phi) is 6.90. The number of halogens is 1. The van der Waals surface area contributed by atoms with E-state index in [-0.39, 0.29) is 46.9 Å². The second kappa shape index (κ2) is 10.4. The van der Waals surface area contributed by atoms with E-state index in [2.05, 4.69) is 10.3 Å². The van der Waals surface area contributed by atoms with Crippen molar-refractivity contribution in [1.29, 1.82) is 0 Å². The van der Waals surface area contributed by atoms with E-state index < -0.39 is 17.2 Å². The van der Waals surface area contributed by atoms with Crippen LogP contribution >= 0.6 is 11.3 Å². The zero-order valence-corrected chi connectivity index (χ0v) is 23.8. The molecular weight excluding hydrogens is 549 g/mol. The molecule has 2 N–H and O–H groups in total. The Hall–Kier alpha value is -4.03. The van der Waals surface area contributed by atoms with Gasteiger partial charge in [0.15, 0.2) is 16.7 Å². The number of nitrogens with zero attached hydrogens (tertiary/aromatic N) is 4. The lowest BCUT2D eigenvalue weighted by molar-refractivity contribution is -0.117. The standard InChI is InChI=1S/C29H30FN5O5S/c1-15-4-7-21-22(10-15)41-29(31-21)32-23(36)14-33-8-9-34(12-16(33)2)25-20(30)11-18-24(27(25)40-3)35(17-5-6-17)13-19(26(18)37)28(38)39/h4,7,10-11,13,16-17H,5-6,8-9,12,14H2,1-3H3,(H,38,39)(H,31,32,36). The molecule has 1 unspecified atom stereocenters. The van der Waals surface area contributed by atoms with Crippen molar-refractivity contribution in [2.45, 2.75) is 38.8 Å². The van der Waals surface area contributed by atoms with E-state index in [1.54, 1.807) is 4.57 Å². The van der Waals surface area contributed by atoms with Crippen LogP contribution in [0.2, 0.25) is 0 Å². The van der Waals surface area contributed by atoms with Crippen LogP contribution in [0.3, 0.4) is 0 Å². The number of carbonyl (C=O) groups excluding carboxylic acids is 1. The number of amides is 1. The van der Waals surface area contributed by atoms with Gasteiger partial charge in [-0.05, 0) is 50.5 Å². The van der Waals surface area contributed by atoms with Crippen LogP contribution in [0.15, 0.2) is 35.3 Å². The Morgan fingerprint density at radius 2 is 2.02 bits per heavy atom. The second-order valence-corrected chi connectivity index (χ2v) is 11.8. The number of aromatic nitrogens is 2. The van der Waals surface area contributed by atoms with Gasteiger partial charge in [0, 0.05) is 37.9 Å². The summed E-state index contributed by atoms with van der Waals surface area (Å²) in [6, 6.07) is 7.03. The van der Waals surface area contributed by atoms with Crippen LogP contribution < -0.4 is 20.4 Å². The van der Waals surface area contributed by atoms with Crippen molar-refractivity contribution in [2.75, 3.05) is 43.5 Å². The molecule has 6 rings (SSSR count). The zero-order chi connectivity index (χ0) is 29.0. The molecule has 12 heteroatoms. The summed E-state index contributed by atoms with van der Waals surface area (Å²) in [5.74, 6) is -1.95. The molecule has 214 valence electrons. The number of fused-ring (bicyclic) bond motifs is 2. The van der Waals surface area contributed by atoms with Crippen molar-refractivity contribution < 1.29 is 23.8 Å². The number of carbonyl (C=O) groups is 2. The van der Waals surface area contributed by atoms with E-state index in [0.29, 0.717) is 30.3 Å². The van der Waals surface area contributed by atoms with Crippen LogP contribution in [0.25, 0.3) is 21.1 Å². The van der Waals surface area contributed by atoms with Gasteiger partial charge in [0.05, 0.1) is 34.8 Å². The lowest BCUT2D eigenvalue weighted by atomic mass is 10.1. The monoisotopic (exact) mass is 579 g/mol. The first kappa shape index (κ1) is 27.2. The number of aryl methyl sites for hydroxylation is 1. The Balaban J connectivity index is 1.24. The number of benzene rings is 2. The van der Waals surface area contributed by atoms with Gasteiger partial charge in [-0.1, -0.05) is 17.4 Å². The van der Waals surface area contributed by atoms with Crippen molar-refractivity contribution in [2.24, 2.45) is 0 Å². The molecule has 2 fully saturated rings. The Labute approximate surface area is 239 Å². The van der Waals surface area contributed by atoms with Gasteiger partial charge in [0.1, 0.15) is 11.3 Å². The number of piperazine rings is 1. The number of anilines is 2. The Morgan fingerprint density at radius 1 is 1.24 bits per heavy atom. The van der Waals surface area contributed by atoms with E-state index in [1.165, 1.54) is 24.6 Å². The highest BCUT2D eigenvalue weighted by Crippen LogP contribution is 2.44. The molecule has 0 bridgehead atoms. The molecule has 2 aromatic carbocycles. The molecule has 4 aromatic rings. The summed E-state index contributed by atoms with van der Waals surface area (Å²) in [5, 5.41) is 13.0. The van der Waals surface area contributed by atoms with Crippen molar-refractivity contribution >= 4 is 55.2 Å². The molecule has 1 aliphatic heterocycles. The summed E-state index contributed by atoms with van der Waals surface area (Å²) in [5.41, 5.74) is 1.49. The Bertz CT molecular complexity index is 1760. The number of carboxylic acid groups (broad SMARTS) is 1. The lowest BCUT2D eigenvalue weighted by Crippen LogP contribution is -2.54. The molecule has 1 saturated carbocycles. The van der Waals surface area contributed by atoms with E-state index >= 15 is 4.39 Å². The van der Waals surface area contributed by atoms with Gasteiger partial charge in [-0.3, -0.25) is 14.5 Å². The number of ether oxygens (including phenoxy) is 1. The second-order valence-electron chi connectivity index (χ2n) is 10.8. The number of nitrogens with one attached hydrogen (secondary N) is 1. The number of rotatable bonds is 7. The minimum absolute atomic E-state index is 0.0109. The van der Waals surface area contributed by atoms with Crippen LogP contribution in [0.4, 0.5) is 15.2 Å². The molecule has 1 aliphatic carbocycles. The van der Waals surface area contributed by atoms with E-state index in [1.807, 2.05) is 41.8 Å². The third kappa shape index (κ3) is 5.02. The minimum Gasteiger partial charge on any atom is -0.492 e. The fraction of sp³-hybridized carbons (Fsp3) is 0.379. The predicted octanol–water partition coefficient (Wildman–Crippen LogP) is 4.25. The number of hydrogen-bond acceptors (Lipinski definition) is 8. The summed E-state index contributed by atoms with van der Waals surface area (Å²) in [6.45, 7) is 5.51. The van der Waals surface area contributed by atoms with E-state index in [9.17, 15) is 19.5 Å². The molecule has 41 heavy (non-hydrogen) atoms. The van der Waals surface area contributed by atoms with Gasteiger partial charge in [0.2, 0.25) is 11.3 Å². The maximum atomic E-state index is 15.7. The number of aromatic carboxylic acids is 1. The summed E-state index contributed by atoms with van der Waals surface area (Å²) in [7, 11) is 1.43. The maximum absolute atomic E-state index is 15.7. The average Bonchev–Trinajstić information content (AvgIpc) is 3.69. The minimum atomic E-state index is -1.35. The van der Waals surface area contributed by atoms with Gasteiger partial charge in [-0.25, -0.2) is 14.2 Å². The van der Waals surface area contributed by atoms with Crippen LogP contribution in [0, 0.1) is 12.7 Å². The van der Waals surface area contributed by atoms with Gasteiger partial charge in [-0.2, -0.15) is 0 Å². The molecule has 1 saturated heterocycles. The lowest BCUT2D eigenvalue weighted by Gasteiger charge is -2.41. The molecule has 10 nitrogen and oxygen atoms in total. The van der Waals surface area contributed by atoms with Crippen LogP contribution in [-0.2, 0) is 4.79 Å². The zero-order valence-electron chi connectivity index (χ0n) is 22.9. The first-order chi connectivity index (χ1) is 19.6. The maximum Gasteiger partial charge on any atom is 0.341 e. The first-order valence-electron chi connectivity index (χ1n) is 13.5. The molecule has 2 aliphatic rings. The SMILES string of the molecule is COc1c(N2CCN(CC(=O)Nc3nc4ccc(C)cc4s3)C(C)C2)c(F)cc2c(=O)c(C(=O)O)cn(C3CC3)c12. The van der Waals surface area contributed by atoms with Gasteiger partial charge >= 0.3 is 5.97 Å². The molecule has 2 aromatic heterocycles. The predicted molar refractivity (Wildman–Crippen MR) is 156 cm³/mol. The highest BCUT2D eigenvalue weighted by atomic mass is 32.1. The first-order valence-corrected chi connectivity index (χ1v) is 14.3. The number of pyridine rings is 1. The number of carboxylic acids is 1. The average molecular weight is 580 g/mol. The third-order valence-corrected chi connectivity index (χ3v) is 8.72. The summed E-state index contributed by atoms with van der Waals surface area (Å²) >= 11 is 1.44. The van der Waals surface area contributed by atoms with Crippen LogP contribution in [0.1, 0.15) is 41.7 Å². The molecule has 1 amide bonds. The van der Waals surface area contributed by atoms with Crippen molar-refractivity contribution in [3.05, 3.63) is 57.6 Å². The number of thiazole rings is 1. The van der Waals surface area contributed by atoms with Crippen molar-refractivity contribution in [3.63, 3.8) is 0 Å². The summed E-state index contributed by atoms with van der Waals surface area (Å²) in [4.78, 5) is 46.0. The summed E-state index contributed by atoms with van der Waals surface area (Å²) < 4.78 is 24.2. The Morgan fingerprint density at radius 3 is 2.71 bits per heavy atom. The highest BCUT2D eigenvalue weighted by molar-refractivity contribution is 7.22. The van der Waals surface area contributed by atoms with Crippen LogP contribution in [-0.4, -0.2) is 70.8 Å². The third-order valence-electron chi connectivity index (χ3n) is 7.79. The van der Waals surface area contributed by atoms with Gasteiger partial charge in [-0.15, -0.1) is 0 Å². The van der Waals surface area contributed by atoms with Crippen LogP contribution in [0.5, 0.6) is 5.75 Å². The normalized spacial score (nSPS) is 17.8. The molecule has 1 atom stereocenters. The van der Waals surface area contributed by atoms with Crippen molar-refractivity contribution in [3.8, 4) is 5.75 Å². The molecule has 3 heterocycles. The fourth-order valence-corrected chi connectivity index (χ4v) is 6.57. The van der Waals surface area contributed by atoms with E-state index in [4.69, 9.17) is 4.74 Å². The molecule has 0 radical (unpaired) electrons. The number of methoxy groups -OCH3 is 1. The quantitative estimate of drug-likeness (QED) is 0.334. The van der Waals surface area contributed by atoms with Gasteiger partial charge < -0.3 is 24.6 Å².